The van der Waals surface area contributed by atoms with Gasteiger partial charge in [-0.3, -0.25) is 0 Å². The zero-order valence-corrected chi connectivity index (χ0v) is 34.7. The molecule has 6 heteroatoms. The van der Waals surface area contributed by atoms with Crippen LogP contribution in [0.5, 0.6) is 0 Å². The molecule has 0 bridgehead atoms. The molecule has 4 aromatic heterocycles. The van der Waals surface area contributed by atoms with Crippen molar-refractivity contribution >= 4 is 75.1 Å². The molecule has 0 aliphatic heterocycles. The fourth-order valence-electron chi connectivity index (χ4n) is 9.48. The molecule has 63 heavy (non-hydrogen) atoms. The molecule has 13 aromatic rings. The fourth-order valence-corrected chi connectivity index (χ4v) is 10.6. The molecule has 0 amide bonds. The normalized spacial score (nSPS) is 11.8. The first-order valence-corrected chi connectivity index (χ1v) is 22.0. The van der Waals surface area contributed by atoms with Crippen molar-refractivity contribution in [1.29, 1.82) is 0 Å². The van der Waals surface area contributed by atoms with Gasteiger partial charge < -0.3 is 9.13 Å². The lowest BCUT2D eigenvalue weighted by Gasteiger charge is -2.16. The van der Waals surface area contributed by atoms with Gasteiger partial charge in [-0.25, -0.2) is 15.0 Å². The molecule has 4 heterocycles. The summed E-state index contributed by atoms with van der Waals surface area (Å²) in [6, 6.07) is 75.7. The highest BCUT2D eigenvalue weighted by Crippen LogP contribution is 2.42. The number of hydrogen-bond donors (Lipinski definition) is 0. The lowest BCUT2D eigenvalue weighted by Crippen LogP contribution is -2.04. The van der Waals surface area contributed by atoms with Crippen LogP contribution in [0.2, 0.25) is 0 Å². The van der Waals surface area contributed by atoms with E-state index in [1.165, 1.54) is 52.8 Å². The number of para-hydroxylation sites is 3. The smallest absolute Gasteiger partial charge is 0.166 e. The van der Waals surface area contributed by atoms with Crippen LogP contribution in [0.4, 0.5) is 0 Å². The summed E-state index contributed by atoms with van der Waals surface area (Å²) in [5, 5.41) is 7.37. The van der Waals surface area contributed by atoms with Crippen LogP contribution >= 0.6 is 11.3 Å². The van der Waals surface area contributed by atoms with E-state index in [-0.39, 0.29) is 0 Å². The van der Waals surface area contributed by atoms with Crippen LogP contribution < -0.4 is 0 Å². The molecule has 0 N–H and O–H groups in total. The lowest BCUT2D eigenvalue weighted by atomic mass is 9.99. The SMILES string of the molecule is c1ccc(-c2nc(-c3ccccc3)nc(-c3cc(-c4ccc5sc6ccccc6c5c4)ccc3-n3c4ccccc4c4cc(-n5c6ccccc6c6ccccc65)ccc43)n2)cc1. The van der Waals surface area contributed by atoms with Crippen LogP contribution in [-0.2, 0) is 0 Å². The zero-order chi connectivity index (χ0) is 41.4. The van der Waals surface area contributed by atoms with Crippen molar-refractivity contribution in [3.05, 3.63) is 212 Å². The zero-order valence-electron chi connectivity index (χ0n) is 33.9. The Morgan fingerprint density at radius 1 is 0.302 bits per heavy atom. The summed E-state index contributed by atoms with van der Waals surface area (Å²) >= 11 is 1.84. The Morgan fingerprint density at radius 3 is 1.46 bits per heavy atom. The molecule has 0 fully saturated rings. The average molecular weight is 822 g/mol. The quantitative estimate of drug-likeness (QED) is 0.168. The molecular weight excluding hydrogens is 787 g/mol. The van der Waals surface area contributed by atoms with Gasteiger partial charge in [0, 0.05) is 64.1 Å². The Hall–Kier alpha value is -8.19. The van der Waals surface area contributed by atoms with E-state index in [9.17, 15) is 0 Å². The van der Waals surface area contributed by atoms with Crippen molar-refractivity contribution in [1.82, 2.24) is 24.1 Å². The Kier molecular flexibility index (Phi) is 8.01. The summed E-state index contributed by atoms with van der Waals surface area (Å²) in [5.41, 5.74) is 11.7. The van der Waals surface area contributed by atoms with Crippen LogP contribution in [0.25, 0.3) is 120 Å². The third kappa shape index (κ3) is 5.73. The molecule has 13 rings (SSSR count). The van der Waals surface area contributed by atoms with E-state index in [0.717, 1.165) is 50.2 Å². The molecule has 0 aliphatic rings. The van der Waals surface area contributed by atoms with E-state index in [1.807, 2.05) is 47.7 Å². The largest absolute Gasteiger partial charge is 0.309 e. The van der Waals surface area contributed by atoms with Gasteiger partial charge >= 0.3 is 0 Å². The lowest BCUT2D eigenvalue weighted by molar-refractivity contribution is 1.06. The Balaban J connectivity index is 1.08. The van der Waals surface area contributed by atoms with Crippen LogP contribution in [-0.4, -0.2) is 24.1 Å². The van der Waals surface area contributed by atoms with Gasteiger partial charge in [0.2, 0.25) is 0 Å². The molecule has 0 atom stereocenters. The van der Waals surface area contributed by atoms with Gasteiger partial charge in [0.05, 0.1) is 27.8 Å². The summed E-state index contributed by atoms with van der Waals surface area (Å²) in [5.74, 6) is 1.86. The maximum atomic E-state index is 5.32. The van der Waals surface area contributed by atoms with Crippen molar-refractivity contribution < 1.29 is 0 Å². The van der Waals surface area contributed by atoms with E-state index in [1.54, 1.807) is 0 Å². The molecule has 294 valence electrons. The van der Waals surface area contributed by atoms with Crippen molar-refractivity contribution in [2.45, 2.75) is 0 Å². The van der Waals surface area contributed by atoms with Gasteiger partial charge in [0.25, 0.3) is 0 Å². The van der Waals surface area contributed by atoms with E-state index in [2.05, 4.69) is 185 Å². The number of thiophene rings is 1. The third-order valence-corrected chi connectivity index (χ3v) is 13.5. The topological polar surface area (TPSA) is 48.5 Å². The van der Waals surface area contributed by atoms with Crippen molar-refractivity contribution in [3.63, 3.8) is 0 Å². The minimum absolute atomic E-state index is 0.606. The second kappa shape index (κ2) is 14.2. The molecule has 0 saturated heterocycles. The van der Waals surface area contributed by atoms with Crippen molar-refractivity contribution in [3.8, 4) is 56.7 Å². The first kappa shape index (κ1) is 35.6. The first-order chi connectivity index (χ1) is 31.2. The molecular formula is C57H35N5S. The summed E-state index contributed by atoms with van der Waals surface area (Å²) in [4.78, 5) is 15.7. The van der Waals surface area contributed by atoms with Gasteiger partial charge in [-0.05, 0) is 77.9 Å². The van der Waals surface area contributed by atoms with E-state index < -0.39 is 0 Å². The Bertz CT molecular complexity index is 3810. The van der Waals surface area contributed by atoms with Crippen LogP contribution in [0.3, 0.4) is 0 Å². The summed E-state index contributed by atoms with van der Waals surface area (Å²) in [7, 11) is 0. The third-order valence-electron chi connectivity index (χ3n) is 12.4. The highest BCUT2D eigenvalue weighted by molar-refractivity contribution is 7.25. The molecule has 5 nitrogen and oxygen atoms in total. The minimum Gasteiger partial charge on any atom is -0.309 e. The first-order valence-electron chi connectivity index (χ1n) is 21.2. The predicted molar refractivity (Wildman–Crippen MR) is 263 cm³/mol. The molecule has 0 saturated carbocycles. The van der Waals surface area contributed by atoms with Crippen molar-refractivity contribution in [2.75, 3.05) is 0 Å². The monoisotopic (exact) mass is 821 g/mol. The van der Waals surface area contributed by atoms with E-state index in [4.69, 9.17) is 15.0 Å². The predicted octanol–water partition coefficient (Wildman–Crippen LogP) is 15.1. The summed E-state index contributed by atoms with van der Waals surface area (Å²) in [6.45, 7) is 0. The maximum absolute atomic E-state index is 5.32. The van der Waals surface area contributed by atoms with Crippen molar-refractivity contribution in [2.24, 2.45) is 0 Å². The number of fused-ring (bicyclic) bond motifs is 9. The van der Waals surface area contributed by atoms with Gasteiger partial charge in [0.15, 0.2) is 17.5 Å². The average Bonchev–Trinajstić information content (AvgIpc) is 4.01. The summed E-state index contributed by atoms with van der Waals surface area (Å²) < 4.78 is 7.36. The highest BCUT2D eigenvalue weighted by atomic mass is 32.1. The number of hydrogen-bond acceptors (Lipinski definition) is 4. The minimum atomic E-state index is 0.606. The number of nitrogens with zero attached hydrogens (tertiary/aromatic N) is 5. The molecule has 0 aliphatic carbocycles. The van der Waals surface area contributed by atoms with Crippen LogP contribution in [0.1, 0.15) is 0 Å². The van der Waals surface area contributed by atoms with Crippen LogP contribution in [0.15, 0.2) is 212 Å². The second-order valence-corrected chi connectivity index (χ2v) is 17.1. The van der Waals surface area contributed by atoms with E-state index >= 15 is 0 Å². The number of benzene rings is 9. The molecule has 9 aromatic carbocycles. The maximum Gasteiger partial charge on any atom is 0.166 e. The summed E-state index contributed by atoms with van der Waals surface area (Å²) in [6.07, 6.45) is 0. The van der Waals surface area contributed by atoms with Gasteiger partial charge in [0.1, 0.15) is 0 Å². The number of aromatic nitrogens is 5. The Morgan fingerprint density at radius 2 is 0.794 bits per heavy atom. The highest BCUT2D eigenvalue weighted by Gasteiger charge is 2.22. The standard InChI is InChI=1S/C57H35N5S/c1-3-15-36(16-4-1)55-58-56(37-17-5-2-6-18-37)60-57(59-55)47-34-38(39-28-32-54-46(33-39)44-22-10-14-26-53(44)63-54)27-30-52(47)62-50-25-13-9-21-43(50)45-35-40(29-31-51(45)62)61-48-23-11-7-19-41(48)42-20-8-12-24-49(42)61/h1-35H. The van der Waals surface area contributed by atoms with Gasteiger partial charge in [-0.15, -0.1) is 11.3 Å². The van der Waals surface area contributed by atoms with Gasteiger partial charge in [-0.2, -0.15) is 0 Å². The number of rotatable bonds is 6. The van der Waals surface area contributed by atoms with Gasteiger partial charge in [-0.1, -0.05) is 146 Å². The molecule has 0 unspecified atom stereocenters. The molecule has 0 radical (unpaired) electrons. The second-order valence-electron chi connectivity index (χ2n) is 16.0. The van der Waals surface area contributed by atoms with E-state index in [0.29, 0.717) is 17.5 Å². The van der Waals surface area contributed by atoms with Crippen LogP contribution in [0, 0.1) is 0 Å². The molecule has 0 spiro atoms. The Labute approximate surface area is 366 Å². The fraction of sp³-hybridized carbons (Fsp3) is 0.